The average molecular weight is 439 g/mol. The lowest BCUT2D eigenvalue weighted by atomic mass is 9.92. The number of benzene rings is 1. The van der Waals surface area contributed by atoms with Gasteiger partial charge < -0.3 is 10.6 Å². The second kappa shape index (κ2) is 14.2. The van der Waals surface area contributed by atoms with Gasteiger partial charge in [-0.2, -0.15) is 0 Å². The van der Waals surface area contributed by atoms with Crippen LogP contribution in [0, 0.1) is 19.7 Å². The smallest absolute Gasteiger partial charge is 0.126 e. The van der Waals surface area contributed by atoms with Crippen molar-refractivity contribution in [3.8, 4) is 0 Å². The van der Waals surface area contributed by atoms with Gasteiger partial charge in [-0.15, -0.1) is 0 Å². The van der Waals surface area contributed by atoms with E-state index >= 15 is 0 Å². The molecule has 174 valence electrons. The molecule has 0 spiro atoms. The molecule has 0 aromatic heterocycles. The van der Waals surface area contributed by atoms with Crippen LogP contribution in [0.2, 0.25) is 0 Å². The van der Waals surface area contributed by atoms with E-state index in [9.17, 15) is 4.39 Å². The first-order valence-corrected chi connectivity index (χ1v) is 11.2. The maximum absolute atomic E-state index is 14.3. The number of hydrogen-bond donors (Lipinski definition) is 2. The highest BCUT2D eigenvalue weighted by molar-refractivity contribution is 5.98. The van der Waals surface area contributed by atoms with Crippen LogP contribution in [-0.4, -0.2) is 32.2 Å². The molecule has 1 aromatic carbocycles. The van der Waals surface area contributed by atoms with Crippen LogP contribution in [0.25, 0.3) is 5.57 Å². The molecule has 4 nitrogen and oxygen atoms in total. The second-order valence-corrected chi connectivity index (χ2v) is 7.92. The standard InChI is InChI=1S/C27H39FN4/c1-9-30-27(21(5)23(7)31-15-12-10-11-14-29-8)32-16-13-24(19(2)3)25-17-20(4)18-26(28)22(25)6/h10-12,14-15,17-18,29H,9,13,16H2,1-8H3,(H,30,32)/b12-10+,14-11-,23-21-,31-15+. The average Bonchev–Trinajstić information content (AvgIpc) is 2.74. The molecule has 0 fully saturated rings. The van der Waals surface area contributed by atoms with Gasteiger partial charge in [0.1, 0.15) is 11.7 Å². The van der Waals surface area contributed by atoms with Crippen LogP contribution in [0.3, 0.4) is 0 Å². The van der Waals surface area contributed by atoms with E-state index in [-0.39, 0.29) is 5.82 Å². The maximum Gasteiger partial charge on any atom is 0.126 e. The number of amidine groups is 1. The van der Waals surface area contributed by atoms with E-state index in [4.69, 9.17) is 0 Å². The van der Waals surface area contributed by atoms with Gasteiger partial charge in [-0.25, -0.2) is 4.39 Å². The lowest BCUT2D eigenvalue weighted by molar-refractivity contribution is 0.616. The van der Waals surface area contributed by atoms with Crippen LogP contribution in [0.1, 0.15) is 57.7 Å². The molecule has 0 aliphatic carbocycles. The number of nitrogens with zero attached hydrogens (tertiary/aromatic N) is 2. The first-order chi connectivity index (χ1) is 15.2. The number of aliphatic imine (C=N–C) groups is 2. The van der Waals surface area contributed by atoms with Crippen molar-refractivity contribution in [2.45, 2.75) is 54.9 Å². The molecule has 0 unspecified atom stereocenters. The first kappa shape index (κ1) is 27.1. The third kappa shape index (κ3) is 8.66. The highest BCUT2D eigenvalue weighted by Gasteiger charge is 2.12. The molecular formula is C27H39FN4. The second-order valence-electron chi connectivity index (χ2n) is 7.92. The summed E-state index contributed by atoms with van der Waals surface area (Å²) >= 11 is 0. The van der Waals surface area contributed by atoms with Gasteiger partial charge in [-0.3, -0.25) is 9.98 Å². The summed E-state index contributed by atoms with van der Waals surface area (Å²) in [5.74, 6) is 0.698. The molecule has 1 aromatic rings. The van der Waals surface area contributed by atoms with Crippen molar-refractivity contribution in [2.75, 3.05) is 20.1 Å². The molecule has 2 N–H and O–H groups in total. The molecule has 32 heavy (non-hydrogen) atoms. The Morgan fingerprint density at radius 1 is 1.06 bits per heavy atom. The molecule has 0 heterocycles. The lowest BCUT2D eigenvalue weighted by Gasteiger charge is -2.17. The Hall–Kier alpha value is -2.95. The third-order valence-electron chi connectivity index (χ3n) is 5.14. The van der Waals surface area contributed by atoms with E-state index in [2.05, 4.69) is 40.5 Å². The lowest BCUT2D eigenvalue weighted by Crippen LogP contribution is -2.27. The molecule has 0 aliphatic rings. The number of nitrogens with one attached hydrogen (secondary N) is 2. The van der Waals surface area contributed by atoms with Gasteiger partial charge in [-0.1, -0.05) is 17.7 Å². The van der Waals surface area contributed by atoms with Crippen molar-refractivity contribution in [3.05, 3.63) is 75.9 Å². The third-order valence-corrected chi connectivity index (χ3v) is 5.14. The Morgan fingerprint density at radius 3 is 2.41 bits per heavy atom. The number of hydrogen-bond acceptors (Lipinski definition) is 3. The van der Waals surface area contributed by atoms with Crippen molar-refractivity contribution in [2.24, 2.45) is 9.98 Å². The zero-order valence-corrected chi connectivity index (χ0v) is 20.9. The fourth-order valence-corrected chi connectivity index (χ4v) is 3.24. The Morgan fingerprint density at radius 2 is 1.78 bits per heavy atom. The van der Waals surface area contributed by atoms with E-state index in [1.54, 1.807) is 12.3 Å². The van der Waals surface area contributed by atoms with Gasteiger partial charge in [0.2, 0.25) is 0 Å². The van der Waals surface area contributed by atoms with E-state index in [0.717, 1.165) is 34.7 Å². The topological polar surface area (TPSA) is 48.8 Å². The van der Waals surface area contributed by atoms with Gasteiger partial charge in [0.25, 0.3) is 0 Å². The number of halogens is 1. The minimum absolute atomic E-state index is 0.150. The first-order valence-electron chi connectivity index (χ1n) is 11.2. The van der Waals surface area contributed by atoms with Gasteiger partial charge in [0.15, 0.2) is 0 Å². The summed E-state index contributed by atoms with van der Waals surface area (Å²) in [7, 11) is 1.86. The molecule has 0 saturated carbocycles. The van der Waals surface area contributed by atoms with Crippen LogP contribution < -0.4 is 10.6 Å². The van der Waals surface area contributed by atoms with Crippen molar-refractivity contribution < 1.29 is 4.39 Å². The molecule has 0 amide bonds. The molecule has 0 atom stereocenters. The predicted molar refractivity (Wildman–Crippen MR) is 139 cm³/mol. The van der Waals surface area contributed by atoms with E-state index in [0.29, 0.717) is 18.7 Å². The summed E-state index contributed by atoms with van der Waals surface area (Å²) < 4.78 is 14.3. The summed E-state index contributed by atoms with van der Waals surface area (Å²) in [6.07, 6.45) is 10.1. The zero-order valence-electron chi connectivity index (χ0n) is 20.9. The molecule has 5 heteroatoms. The molecule has 1 rings (SSSR count). The van der Waals surface area contributed by atoms with Crippen LogP contribution in [-0.2, 0) is 0 Å². The quantitative estimate of drug-likeness (QED) is 0.256. The molecule has 0 bridgehead atoms. The van der Waals surface area contributed by atoms with E-state index < -0.39 is 0 Å². The van der Waals surface area contributed by atoms with E-state index in [1.807, 2.05) is 66.1 Å². The maximum atomic E-state index is 14.3. The van der Waals surface area contributed by atoms with E-state index in [1.165, 1.54) is 11.1 Å². The minimum atomic E-state index is -0.150. The van der Waals surface area contributed by atoms with Crippen molar-refractivity contribution >= 4 is 17.6 Å². The Balaban J connectivity index is 2.97. The van der Waals surface area contributed by atoms with Crippen molar-refractivity contribution in [3.63, 3.8) is 0 Å². The summed E-state index contributed by atoms with van der Waals surface area (Å²) in [4.78, 5) is 9.15. The van der Waals surface area contributed by atoms with Crippen LogP contribution in [0.15, 0.2) is 63.4 Å². The monoisotopic (exact) mass is 438 g/mol. The van der Waals surface area contributed by atoms with Crippen LogP contribution in [0.4, 0.5) is 4.39 Å². The Bertz CT molecular complexity index is 943. The van der Waals surface area contributed by atoms with Crippen LogP contribution in [0.5, 0.6) is 0 Å². The van der Waals surface area contributed by atoms with Gasteiger partial charge >= 0.3 is 0 Å². The summed E-state index contributed by atoms with van der Waals surface area (Å²) in [5.41, 5.74) is 6.92. The highest BCUT2D eigenvalue weighted by atomic mass is 19.1. The summed E-state index contributed by atoms with van der Waals surface area (Å²) in [6, 6.07) is 3.67. The molecule has 0 saturated heterocycles. The normalized spacial score (nSPS) is 13.2. The minimum Gasteiger partial charge on any atom is -0.394 e. The zero-order chi connectivity index (χ0) is 24.1. The van der Waals surface area contributed by atoms with Gasteiger partial charge in [-0.05, 0) is 102 Å². The largest absolute Gasteiger partial charge is 0.394 e. The fraction of sp³-hybridized carbons (Fsp3) is 0.407. The fourth-order valence-electron chi connectivity index (χ4n) is 3.24. The van der Waals surface area contributed by atoms with Crippen molar-refractivity contribution in [1.29, 1.82) is 0 Å². The number of rotatable bonds is 10. The van der Waals surface area contributed by atoms with Crippen LogP contribution >= 0.6 is 0 Å². The summed E-state index contributed by atoms with van der Waals surface area (Å²) in [6.45, 7) is 15.4. The predicted octanol–water partition coefficient (Wildman–Crippen LogP) is 6.29. The van der Waals surface area contributed by atoms with Gasteiger partial charge in [0, 0.05) is 37.6 Å². The highest BCUT2D eigenvalue weighted by Crippen LogP contribution is 2.28. The van der Waals surface area contributed by atoms with Crippen molar-refractivity contribution in [1.82, 2.24) is 10.6 Å². The molecule has 0 radical (unpaired) electrons. The number of aryl methyl sites for hydroxylation is 1. The number of allylic oxidation sites excluding steroid dienone is 5. The SMILES string of the molecule is CC\N=C(NCCC(=C(C)C)c1cc(C)cc(F)c1C)/C(C)=C(C)\N=C\C=C\C=C/NC. The molecule has 0 aliphatic heterocycles. The summed E-state index contributed by atoms with van der Waals surface area (Å²) in [5, 5.41) is 6.41. The molecular weight excluding hydrogens is 399 g/mol. The Labute approximate surface area is 193 Å². The Kier molecular flexibility index (Phi) is 12.0. The van der Waals surface area contributed by atoms with Gasteiger partial charge in [0.05, 0.1) is 0 Å².